The number of alkyl halides is 3. The summed E-state index contributed by atoms with van der Waals surface area (Å²) in [6.07, 6.45) is -2.21. The molecule has 0 unspecified atom stereocenters. The summed E-state index contributed by atoms with van der Waals surface area (Å²) in [4.78, 5) is 4.00. The van der Waals surface area contributed by atoms with Crippen LogP contribution in [0.5, 0.6) is 0 Å². The smallest absolute Gasteiger partial charge is 0.251 e. The van der Waals surface area contributed by atoms with Crippen molar-refractivity contribution in [3.8, 4) is 0 Å². The van der Waals surface area contributed by atoms with Crippen molar-refractivity contribution in [1.82, 2.24) is 9.80 Å². The van der Waals surface area contributed by atoms with Gasteiger partial charge in [0.2, 0.25) is 0 Å². The summed E-state index contributed by atoms with van der Waals surface area (Å²) in [5.74, 6) is 0.620. The van der Waals surface area contributed by atoms with Gasteiger partial charge in [0.05, 0.1) is 6.54 Å². The van der Waals surface area contributed by atoms with Crippen molar-refractivity contribution in [3.05, 3.63) is 0 Å². The lowest BCUT2D eigenvalue weighted by atomic mass is 10.3. The highest BCUT2D eigenvalue weighted by Gasteiger charge is 2.18. The molecule has 1 rings (SSSR count). The molecule has 0 aromatic rings. The van der Waals surface area contributed by atoms with E-state index in [4.69, 9.17) is 11.6 Å². The normalized spacial score (nSPS) is 21.2. The summed E-state index contributed by atoms with van der Waals surface area (Å²) in [5.41, 5.74) is 0. The topological polar surface area (TPSA) is 6.48 Å². The molecule has 1 aliphatic heterocycles. The third kappa shape index (κ3) is 4.20. The van der Waals surface area contributed by atoms with E-state index in [0.717, 1.165) is 32.7 Å². The molecule has 0 spiro atoms. The zero-order chi connectivity index (χ0) is 9.68. The fourth-order valence-corrected chi connectivity index (χ4v) is 1.75. The Labute approximate surface area is 82.4 Å². The first kappa shape index (κ1) is 11.1. The number of piperazine rings is 1. The van der Waals surface area contributed by atoms with Crippen LogP contribution in [0.25, 0.3) is 0 Å². The molecule has 1 aliphatic rings. The van der Waals surface area contributed by atoms with Gasteiger partial charge in [0, 0.05) is 38.6 Å². The van der Waals surface area contributed by atoms with Crippen LogP contribution in [0, 0.1) is 0 Å². The first-order chi connectivity index (χ1) is 6.22. The second-order valence-corrected chi connectivity index (χ2v) is 3.60. The van der Waals surface area contributed by atoms with Crippen LogP contribution in [0.3, 0.4) is 0 Å². The van der Waals surface area contributed by atoms with E-state index in [9.17, 15) is 8.78 Å². The first-order valence-electron chi connectivity index (χ1n) is 4.51. The first-order valence-corrected chi connectivity index (χ1v) is 5.04. The largest absolute Gasteiger partial charge is 0.300 e. The Bertz CT molecular complexity index is 138. The molecule has 1 saturated heterocycles. The Morgan fingerprint density at radius 3 is 2.08 bits per heavy atom. The predicted molar refractivity (Wildman–Crippen MR) is 49.6 cm³/mol. The van der Waals surface area contributed by atoms with Gasteiger partial charge >= 0.3 is 0 Å². The van der Waals surface area contributed by atoms with E-state index in [1.807, 2.05) is 0 Å². The van der Waals surface area contributed by atoms with Gasteiger partial charge < -0.3 is 0 Å². The summed E-state index contributed by atoms with van der Waals surface area (Å²) in [7, 11) is 0. The molecule has 0 bridgehead atoms. The molecule has 1 fully saturated rings. The van der Waals surface area contributed by atoms with Crippen LogP contribution >= 0.6 is 11.6 Å². The van der Waals surface area contributed by atoms with Gasteiger partial charge in [-0.05, 0) is 0 Å². The Hall–Kier alpha value is 0.0700. The van der Waals surface area contributed by atoms with Crippen molar-refractivity contribution in [2.24, 2.45) is 0 Å². The molecule has 0 radical (unpaired) electrons. The molecule has 0 aromatic carbocycles. The molecule has 0 amide bonds. The highest BCUT2D eigenvalue weighted by molar-refractivity contribution is 6.18. The van der Waals surface area contributed by atoms with Crippen molar-refractivity contribution in [3.63, 3.8) is 0 Å². The third-order valence-electron chi connectivity index (χ3n) is 2.26. The van der Waals surface area contributed by atoms with Gasteiger partial charge in [-0.25, -0.2) is 8.78 Å². The van der Waals surface area contributed by atoms with E-state index >= 15 is 0 Å². The van der Waals surface area contributed by atoms with Crippen LogP contribution in [0.2, 0.25) is 0 Å². The van der Waals surface area contributed by atoms with Gasteiger partial charge in [-0.15, -0.1) is 11.6 Å². The molecule has 2 nitrogen and oxygen atoms in total. The molecular formula is C8H15ClF2N2. The number of hydrogen-bond acceptors (Lipinski definition) is 2. The molecule has 0 atom stereocenters. The van der Waals surface area contributed by atoms with E-state index in [0.29, 0.717) is 5.88 Å². The maximum absolute atomic E-state index is 12.0. The molecule has 13 heavy (non-hydrogen) atoms. The summed E-state index contributed by atoms with van der Waals surface area (Å²) in [6.45, 7) is 3.97. The van der Waals surface area contributed by atoms with Crippen molar-refractivity contribution in [2.75, 3.05) is 45.1 Å². The Morgan fingerprint density at radius 1 is 1.08 bits per heavy atom. The number of nitrogens with zero attached hydrogens (tertiary/aromatic N) is 2. The van der Waals surface area contributed by atoms with E-state index in [2.05, 4.69) is 4.90 Å². The fraction of sp³-hybridized carbons (Fsp3) is 1.00. The van der Waals surface area contributed by atoms with Gasteiger partial charge in [0.25, 0.3) is 6.43 Å². The lowest BCUT2D eigenvalue weighted by Gasteiger charge is -2.33. The van der Waals surface area contributed by atoms with E-state index in [-0.39, 0.29) is 6.54 Å². The van der Waals surface area contributed by atoms with E-state index in [1.54, 1.807) is 4.90 Å². The van der Waals surface area contributed by atoms with E-state index in [1.165, 1.54) is 0 Å². The van der Waals surface area contributed by atoms with Gasteiger partial charge in [-0.1, -0.05) is 0 Å². The van der Waals surface area contributed by atoms with Gasteiger partial charge in [-0.3, -0.25) is 9.80 Å². The molecule has 0 N–H and O–H groups in total. The van der Waals surface area contributed by atoms with Crippen molar-refractivity contribution in [1.29, 1.82) is 0 Å². The molecule has 0 aromatic heterocycles. The molecular weight excluding hydrogens is 198 g/mol. The maximum atomic E-state index is 12.0. The number of halogens is 3. The monoisotopic (exact) mass is 212 g/mol. The van der Waals surface area contributed by atoms with Crippen LogP contribution in [0.4, 0.5) is 8.78 Å². The number of hydrogen-bond donors (Lipinski definition) is 0. The minimum Gasteiger partial charge on any atom is -0.300 e. The van der Waals surface area contributed by atoms with Gasteiger partial charge in [0.1, 0.15) is 0 Å². The Morgan fingerprint density at radius 2 is 1.62 bits per heavy atom. The Balaban J connectivity index is 2.15. The van der Waals surface area contributed by atoms with Crippen LogP contribution < -0.4 is 0 Å². The highest BCUT2D eigenvalue weighted by Crippen LogP contribution is 2.04. The number of rotatable bonds is 4. The lowest BCUT2D eigenvalue weighted by Crippen LogP contribution is -2.48. The molecule has 0 saturated carbocycles. The average Bonchev–Trinajstić information content (AvgIpc) is 2.08. The SMILES string of the molecule is FC(F)CN1CCN(CCCl)CC1. The summed E-state index contributed by atoms with van der Waals surface area (Å²) in [6, 6.07) is 0. The fourth-order valence-electron chi connectivity index (χ4n) is 1.51. The van der Waals surface area contributed by atoms with Crippen LogP contribution in [-0.2, 0) is 0 Å². The Kier molecular flexibility index (Phi) is 4.91. The summed E-state index contributed by atoms with van der Waals surface area (Å²) < 4.78 is 24.0. The molecule has 5 heteroatoms. The van der Waals surface area contributed by atoms with Crippen LogP contribution in [0.1, 0.15) is 0 Å². The van der Waals surface area contributed by atoms with Crippen LogP contribution in [0.15, 0.2) is 0 Å². The summed E-state index contributed by atoms with van der Waals surface area (Å²) >= 11 is 5.58. The van der Waals surface area contributed by atoms with Crippen molar-refractivity contribution in [2.45, 2.75) is 6.43 Å². The van der Waals surface area contributed by atoms with Gasteiger partial charge in [0.15, 0.2) is 0 Å². The predicted octanol–water partition coefficient (Wildman–Crippen LogP) is 1.11. The van der Waals surface area contributed by atoms with Crippen LogP contribution in [-0.4, -0.2) is 61.4 Å². The second-order valence-electron chi connectivity index (χ2n) is 3.22. The zero-order valence-corrected chi connectivity index (χ0v) is 8.31. The zero-order valence-electron chi connectivity index (χ0n) is 7.56. The standard InChI is InChI=1S/C8H15ClF2N2/c9-1-2-12-3-5-13(6-4-12)7-8(10)11/h8H,1-7H2. The molecule has 78 valence electrons. The third-order valence-corrected chi connectivity index (χ3v) is 2.43. The average molecular weight is 213 g/mol. The minimum atomic E-state index is -2.21. The van der Waals surface area contributed by atoms with Gasteiger partial charge in [-0.2, -0.15) is 0 Å². The summed E-state index contributed by atoms with van der Waals surface area (Å²) in [5, 5.41) is 0. The molecule has 1 heterocycles. The molecule has 0 aliphatic carbocycles. The highest BCUT2D eigenvalue weighted by atomic mass is 35.5. The minimum absolute atomic E-state index is 0.0886. The van der Waals surface area contributed by atoms with Crippen molar-refractivity contribution >= 4 is 11.6 Å². The lowest BCUT2D eigenvalue weighted by molar-refractivity contribution is 0.0579. The second kappa shape index (κ2) is 5.73. The van der Waals surface area contributed by atoms with E-state index < -0.39 is 6.43 Å². The van der Waals surface area contributed by atoms with Crippen molar-refractivity contribution < 1.29 is 8.78 Å². The quantitative estimate of drug-likeness (QED) is 0.645. The maximum Gasteiger partial charge on any atom is 0.251 e.